The number of halogens is 1. The highest BCUT2D eigenvalue weighted by atomic mass is 35.5. The Kier molecular flexibility index (Phi) is 2.52. The molecule has 1 fully saturated rings. The number of benzene rings is 1. The molecule has 3 heteroatoms. The van der Waals surface area contributed by atoms with Gasteiger partial charge in [0.05, 0.1) is 5.52 Å². The molecular weight excluding hydrogens is 220 g/mol. The molecule has 1 aliphatic rings. The van der Waals surface area contributed by atoms with Crippen LogP contribution in [0.4, 0.5) is 0 Å². The molecule has 0 N–H and O–H groups in total. The Morgan fingerprint density at radius 1 is 1.12 bits per heavy atom. The van der Waals surface area contributed by atoms with Gasteiger partial charge in [-0.3, -0.25) is 0 Å². The minimum atomic E-state index is 0.544. The van der Waals surface area contributed by atoms with E-state index in [-0.39, 0.29) is 0 Å². The summed E-state index contributed by atoms with van der Waals surface area (Å²) in [5.74, 6) is 0.721. The lowest BCUT2D eigenvalue weighted by Gasteiger charge is -2.10. The van der Waals surface area contributed by atoms with Crippen LogP contribution in [-0.2, 0) is 0 Å². The van der Waals surface area contributed by atoms with Gasteiger partial charge in [-0.2, -0.15) is 0 Å². The molecule has 1 heterocycles. The Morgan fingerprint density at radius 3 is 2.75 bits per heavy atom. The average molecular weight is 233 g/mol. The molecule has 0 bridgehead atoms. The molecule has 3 rings (SSSR count). The first-order chi connectivity index (χ1) is 7.84. The molecule has 0 spiro atoms. The summed E-state index contributed by atoms with van der Waals surface area (Å²) in [6.07, 6.45) is 6.86. The Bertz CT molecular complexity index is 518. The molecule has 0 radical (unpaired) electrons. The summed E-state index contributed by atoms with van der Waals surface area (Å²) >= 11 is 6.02. The van der Waals surface area contributed by atoms with Gasteiger partial charge in [0.25, 0.3) is 0 Å². The zero-order chi connectivity index (χ0) is 11.0. The van der Waals surface area contributed by atoms with Gasteiger partial charge >= 0.3 is 0 Å². The molecule has 2 aromatic rings. The van der Waals surface area contributed by atoms with Crippen molar-refractivity contribution in [1.29, 1.82) is 0 Å². The Morgan fingerprint density at radius 2 is 1.94 bits per heavy atom. The fraction of sp³-hybridized carbons (Fsp3) is 0.385. The number of hydrogen-bond acceptors (Lipinski definition) is 2. The van der Waals surface area contributed by atoms with Crippen LogP contribution in [0.1, 0.15) is 37.2 Å². The van der Waals surface area contributed by atoms with Crippen molar-refractivity contribution in [3.05, 3.63) is 35.2 Å². The van der Waals surface area contributed by atoms with Crippen molar-refractivity contribution in [2.75, 3.05) is 0 Å². The van der Waals surface area contributed by atoms with Crippen LogP contribution in [0.15, 0.2) is 24.5 Å². The molecule has 1 aliphatic carbocycles. The van der Waals surface area contributed by atoms with E-state index in [1.165, 1.54) is 37.6 Å². The van der Waals surface area contributed by atoms with E-state index in [1.54, 1.807) is 0 Å². The fourth-order valence-corrected chi connectivity index (χ4v) is 2.76. The van der Waals surface area contributed by atoms with Gasteiger partial charge in [-0.05, 0) is 36.5 Å². The number of fused-ring (bicyclic) bond motifs is 1. The first-order valence-corrected chi connectivity index (χ1v) is 6.12. The van der Waals surface area contributed by atoms with Crippen LogP contribution < -0.4 is 0 Å². The third-order valence-electron chi connectivity index (χ3n) is 3.44. The Hall–Kier alpha value is -1.15. The summed E-state index contributed by atoms with van der Waals surface area (Å²) in [6.45, 7) is 0. The van der Waals surface area contributed by atoms with Crippen LogP contribution in [0.25, 0.3) is 10.9 Å². The lowest BCUT2D eigenvalue weighted by molar-refractivity contribution is 0.724. The largest absolute Gasteiger partial charge is 0.236 e. The van der Waals surface area contributed by atoms with Crippen LogP contribution in [0.3, 0.4) is 0 Å². The van der Waals surface area contributed by atoms with E-state index < -0.39 is 0 Å². The van der Waals surface area contributed by atoms with Gasteiger partial charge in [0.1, 0.15) is 11.5 Å². The molecule has 0 saturated heterocycles. The first kappa shape index (κ1) is 10.0. The predicted octanol–water partition coefficient (Wildman–Crippen LogP) is 3.94. The third-order valence-corrected chi connectivity index (χ3v) is 3.74. The second kappa shape index (κ2) is 4.02. The smallest absolute Gasteiger partial charge is 0.140 e. The first-order valence-electron chi connectivity index (χ1n) is 5.75. The highest BCUT2D eigenvalue weighted by Gasteiger charge is 2.17. The summed E-state index contributed by atoms with van der Waals surface area (Å²) in [7, 11) is 0. The summed E-state index contributed by atoms with van der Waals surface area (Å²) in [5, 5.41) is 1.49. The average Bonchev–Trinajstić information content (AvgIpc) is 2.82. The minimum absolute atomic E-state index is 0.544. The molecule has 1 aromatic carbocycles. The van der Waals surface area contributed by atoms with Gasteiger partial charge in [0, 0.05) is 5.39 Å². The van der Waals surface area contributed by atoms with E-state index in [2.05, 4.69) is 22.1 Å². The fourth-order valence-electron chi connectivity index (χ4n) is 2.55. The summed E-state index contributed by atoms with van der Waals surface area (Å²) in [5.41, 5.74) is 2.36. The third kappa shape index (κ3) is 1.67. The SMILES string of the molecule is Clc1ncnc2cc(C3CCCC3)ccc12. The number of nitrogens with zero attached hydrogens (tertiary/aromatic N) is 2. The van der Waals surface area contributed by atoms with Gasteiger partial charge in [-0.15, -0.1) is 0 Å². The number of hydrogen-bond donors (Lipinski definition) is 0. The van der Waals surface area contributed by atoms with E-state index in [1.807, 2.05) is 6.07 Å². The number of aromatic nitrogens is 2. The molecule has 82 valence electrons. The second-order valence-electron chi connectivity index (χ2n) is 4.42. The number of rotatable bonds is 1. The quantitative estimate of drug-likeness (QED) is 0.696. The van der Waals surface area contributed by atoms with Crippen LogP contribution in [0.2, 0.25) is 5.15 Å². The topological polar surface area (TPSA) is 25.8 Å². The van der Waals surface area contributed by atoms with Crippen molar-refractivity contribution in [3.63, 3.8) is 0 Å². The molecule has 2 nitrogen and oxygen atoms in total. The van der Waals surface area contributed by atoms with E-state index in [0.29, 0.717) is 5.15 Å². The zero-order valence-corrected chi connectivity index (χ0v) is 9.74. The highest BCUT2D eigenvalue weighted by Crippen LogP contribution is 2.35. The van der Waals surface area contributed by atoms with E-state index in [9.17, 15) is 0 Å². The lowest BCUT2D eigenvalue weighted by atomic mass is 9.97. The van der Waals surface area contributed by atoms with E-state index in [4.69, 9.17) is 11.6 Å². The van der Waals surface area contributed by atoms with Gasteiger partial charge in [0.15, 0.2) is 0 Å². The maximum absolute atomic E-state index is 6.02. The van der Waals surface area contributed by atoms with E-state index in [0.717, 1.165) is 16.8 Å². The van der Waals surface area contributed by atoms with Crippen LogP contribution >= 0.6 is 11.6 Å². The maximum atomic E-state index is 6.02. The molecule has 16 heavy (non-hydrogen) atoms. The zero-order valence-electron chi connectivity index (χ0n) is 8.99. The van der Waals surface area contributed by atoms with Gasteiger partial charge in [0.2, 0.25) is 0 Å². The van der Waals surface area contributed by atoms with Gasteiger partial charge < -0.3 is 0 Å². The highest BCUT2D eigenvalue weighted by molar-refractivity contribution is 6.34. The summed E-state index contributed by atoms with van der Waals surface area (Å²) in [4.78, 5) is 8.27. The second-order valence-corrected chi connectivity index (χ2v) is 4.78. The molecule has 0 aliphatic heterocycles. The van der Waals surface area contributed by atoms with Gasteiger partial charge in [-0.1, -0.05) is 30.5 Å². The van der Waals surface area contributed by atoms with Crippen molar-refractivity contribution in [2.24, 2.45) is 0 Å². The predicted molar refractivity (Wildman–Crippen MR) is 65.8 cm³/mol. The Labute approximate surface area is 99.7 Å². The monoisotopic (exact) mass is 232 g/mol. The van der Waals surface area contributed by atoms with Crippen LogP contribution in [-0.4, -0.2) is 9.97 Å². The lowest BCUT2D eigenvalue weighted by Crippen LogP contribution is -1.93. The summed E-state index contributed by atoms with van der Waals surface area (Å²) < 4.78 is 0. The van der Waals surface area contributed by atoms with E-state index >= 15 is 0 Å². The van der Waals surface area contributed by atoms with Gasteiger partial charge in [-0.25, -0.2) is 9.97 Å². The molecule has 0 atom stereocenters. The van der Waals surface area contributed by atoms with Crippen molar-refractivity contribution in [1.82, 2.24) is 9.97 Å². The normalized spacial score (nSPS) is 17.1. The molecule has 0 unspecified atom stereocenters. The molecule has 0 amide bonds. The van der Waals surface area contributed by atoms with Crippen molar-refractivity contribution < 1.29 is 0 Å². The minimum Gasteiger partial charge on any atom is -0.236 e. The molecular formula is C13H13ClN2. The van der Waals surface area contributed by atoms with Crippen LogP contribution in [0.5, 0.6) is 0 Å². The van der Waals surface area contributed by atoms with Crippen molar-refractivity contribution in [2.45, 2.75) is 31.6 Å². The Balaban J connectivity index is 2.08. The molecule has 1 saturated carbocycles. The van der Waals surface area contributed by atoms with Crippen molar-refractivity contribution in [3.8, 4) is 0 Å². The summed E-state index contributed by atoms with van der Waals surface area (Å²) in [6, 6.07) is 6.39. The maximum Gasteiger partial charge on any atom is 0.140 e. The molecule has 1 aromatic heterocycles. The van der Waals surface area contributed by atoms with Crippen molar-refractivity contribution >= 4 is 22.5 Å². The van der Waals surface area contributed by atoms with Crippen LogP contribution in [0, 0.1) is 0 Å². The standard InChI is InChI=1S/C13H13ClN2/c14-13-11-6-5-10(9-3-1-2-4-9)7-12(11)15-8-16-13/h5-9H,1-4H2.